The highest BCUT2D eigenvalue weighted by molar-refractivity contribution is 7.09. The number of anilines is 1. The normalized spacial score (nSPS) is 16.8. The van der Waals surface area contributed by atoms with Gasteiger partial charge in [0.1, 0.15) is 5.01 Å². The average molecular weight is 523 g/mol. The molecule has 38 heavy (non-hydrogen) atoms. The molecule has 6 nitrogen and oxygen atoms in total. The highest BCUT2D eigenvalue weighted by atomic mass is 32.1. The molecule has 4 aromatic rings. The first kappa shape index (κ1) is 24.5. The molecule has 3 aromatic carbocycles. The quantitative estimate of drug-likeness (QED) is 0.302. The number of thiazole rings is 1. The van der Waals surface area contributed by atoms with Gasteiger partial charge in [0.05, 0.1) is 22.9 Å². The van der Waals surface area contributed by atoms with Crippen molar-refractivity contribution >= 4 is 28.8 Å². The van der Waals surface area contributed by atoms with Gasteiger partial charge in [0.15, 0.2) is 0 Å². The SMILES string of the molecule is C[C@H](c1nccs1)N1C(=O)c2cccc(N3CCN(CC(c4ccccc4)c4ccccc4)CC3)c2C1=O. The van der Waals surface area contributed by atoms with Gasteiger partial charge < -0.3 is 4.90 Å². The predicted molar refractivity (Wildman–Crippen MR) is 151 cm³/mol. The molecular formula is C31H30N4O2S. The van der Waals surface area contributed by atoms with Crippen LogP contribution in [0.15, 0.2) is 90.4 Å². The molecule has 1 aromatic heterocycles. The minimum Gasteiger partial charge on any atom is -0.368 e. The maximum atomic E-state index is 13.6. The monoisotopic (exact) mass is 522 g/mol. The molecule has 0 radical (unpaired) electrons. The van der Waals surface area contributed by atoms with E-state index >= 15 is 0 Å². The molecule has 1 fully saturated rings. The topological polar surface area (TPSA) is 56.8 Å². The van der Waals surface area contributed by atoms with E-state index in [0.29, 0.717) is 17.0 Å². The second kappa shape index (κ2) is 10.5. The summed E-state index contributed by atoms with van der Waals surface area (Å²) in [7, 11) is 0. The van der Waals surface area contributed by atoms with E-state index in [1.165, 1.54) is 27.4 Å². The standard InChI is InChI=1S/C31H30N4O2S/c1-22(29-32-15-20-38-29)35-30(36)25-13-8-14-27(28(25)31(35)37)34-18-16-33(17-19-34)21-26(23-9-4-2-5-10-23)24-11-6-3-7-12-24/h2-15,20,22,26H,16-19,21H2,1H3/t22-/m1/s1. The smallest absolute Gasteiger partial charge is 0.264 e. The number of fused-ring (bicyclic) bond motifs is 1. The summed E-state index contributed by atoms with van der Waals surface area (Å²) >= 11 is 1.46. The van der Waals surface area contributed by atoms with Gasteiger partial charge in [-0.25, -0.2) is 4.98 Å². The van der Waals surface area contributed by atoms with Crippen molar-refractivity contribution in [1.29, 1.82) is 0 Å². The Morgan fingerprint density at radius 3 is 2.08 bits per heavy atom. The molecule has 0 bridgehead atoms. The first-order valence-electron chi connectivity index (χ1n) is 13.1. The molecular weight excluding hydrogens is 492 g/mol. The Hall–Kier alpha value is -3.81. The van der Waals surface area contributed by atoms with E-state index in [1.54, 1.807) is 12.3 Å². The Bertz CT molecular complexity index is 1380. The number of aromatic nitrogens is 1. The number of amides is 2. The number of hydrogen-bond donors (Lipinski definition) is 0. The first-order chi connectivity index (χ1) is 18.6. The molecule has 0 unspecified atom stereocenters. The molecule has 1 saturated heterocycles. The zero-order valence-corrected chi connectivity index (χ0v) is 22.2. The van der Waals surface area contributed by atoms with Crippen molar-refractivity contribution in [3.63, 3.8) is 0 Å². The third kappa shape index (κ3) is 4.52. The molecule has 0 saturated carbocycles. The van der Waals surface area contributed by atoms with Crippen LogP contribution >= 0.6 is 11.3 Å². The number of hydrogen-bond acceptors (Lipinski definition) is 6. The van der Waals surface area contributed by atoms with E-state index in [2.05, 4.69) is 75.4 Å². The number of imide groups is 1. The fraction of sp³-hybridized carbons (Fsp3) is 0.258. The molecule has 1 atom stereocenters. The summed E-state index contributed by atoms with van der Waals surface area (Å²) in [6.07, 6.45) is 1.71. The largest absolute Gasteiger partial charge is 0.368 e. The summed E-state index contributed by atoms with van der Waals surface area (Å²) in [5, 5.41) is 2.63. The molecule has 0 aliphatic carbocycles. The lowest BCUT2D eigenvalue weighted by Gasteiger charge is -2.38. The maximum Gasteiger partial charge on any atom is 0.264 e. The lowest BCUT2D eigenvalue weighted by molar-refractivity contribution is 0.0595. The zero-order valence-electron chi connectivity index (χ0n) is 21.4. The second-order valence-corrected chi connectivity index (χ2v) is 10.8. The van der Waals surface area contributed by atoms with Gasteiger partial charge in [0.2, 0.25) is 0 Å². The Morgan fingerprint density at radius 1 is 0.816 bits per heavy atom. The Balaban J connectivity index is 1.19. The van der Waals surface area contributed by atoms with Crippen LogP contribution in [0.25, 0.3) is 0 Å². The van der Waals surface area contributed by atoms with Crippen molar-refractivity contribution in [2.75, 3.05) is 37.6 Å². The number of benzene rings is 3. The number of rotatable bonds is 7. The lowest BCUT2D eigenvalue weighted by atomic mass is 9.90. The van der Waals surface area contributed by atoms with Crippen molar-refractivity contribution in [3.8, 4) is 0 Å². The summed E-state index contributed by atoms with van der Waals surface area (Å²) in [5.41, 5.74) is 4.52. The number of carbonyl (C=O) groups is 2. The van der Waals surface area contributed by atoms with Gasteiger partial charge in [0, 0.05) is 50.2 Å². The van der Waals surface area contributed by atoms with E-state index in [-0.39, 0.29) is 17.9 Å². The van der Waals surface area contributed by atoms with Crippen LogP contribution < -0.4 is 4.90 Å². The van der Waals surface area contributed by atoms with Gasteiger partial charge in [-0.3, -0.25) is 19.4 Å². The Kier molecular flexibility index (Phi) is 6.79. The zero-order chi connectivity index (χ0) is 26.1. The second-order valence-electron chi connectivity index (χ2n) is 9.89. The molecule has 2 aliphatic heterocycles. The van der Waals surface area contributed by atoms with Gasteiger partial charge >= 0.3 is 0 Å². The van der Waals surface area contributed by atoms with E-state index in [1.807, 2.05) is 24.4 Å². The molecule has 7 heteroatoms. The van der Waals surface area contributed by atoms with Crippen molar-refractivity contribution in [3.05, 3.63) is 118 Å². The Morgan fingerprint density at radius 2 is 1.47 bits per heavy atom. The highest BCUT2D eigenvalue weighted by Gasteiger charge is 2.42. The summed E-state index contributed by atoms with van der Waals surface area (Å²) in [4.78, 5) is 37.3. The van der Waals surface area contributed by atoms with Crippen molar-refractivity contribution in [1.82, 2.24) is 14.8 Å². The molecule has 0 N–H and O–H groups in total. The molecule has 6 rings (SSSR count). The lowest BCUT2D eigenvalue weighted by Crippen LogP contribution is -2.48. The number of piperazine rings is 1. The third-order valence-electron chi connectivity index (χ3n) is 7.68. The molecule has 192 valence electrons. The highest BCUT2D eigenvalue weighted by Crippen LogP contribution is 2.37. The minimum absolute atomic E-state index is 0.223. The Labute approximate surface area is 227 Å². The first-order valence-corrected chi connectivity index (χ1v) is 14.0. The molecule has 2 amide bonds. The van der Waals surface area contributed by atoms with Gasteiger partial charge in [0.25, 0.3) is 11.8 Å². The van der Waals surface area contributed by atoms with Gasteiger partial charge in [-0.05, 0) is 30.2 Å². The van der Waals surface area contributed by atoms with Gasteiger partial charge in [-0.1, -0.05) is 66.7 Å². The molecule has 2 aliphatic rings. The summed E-state index contributed by atoms with van der Waals surface area (Å²) in [6, 6.07) is 26.7. The van der Waals surface area contributed by atoms with Crippen LogP contribution in [-0.4, -0.2) is 59.3 Å². The van der Waals surface area contributed by atoms with Crippen LogP contribution in [0, 0.1) is 0 Å². The van der Waals surface area contributed by atoms with Crippen molar-refractivity contribution in [2.45, 2.75) is 18.9 Å². The number of nitrogens with zero attached hydrogens (tertiary/aromatic N) is 4. The summed E-state index contributed by atoms with van der Waals surface area (Å²) in [6.45, 7) is 6.19. The summed E-state index contributed by atoms with van der Waals surface area (Å²) < 4.78 is 0. The minimum atomic E-state index is -0.389. The van der Waals surface area contributed by atoms with Crippen LogP contribution in [0.3, 0.4) is 0 Å². The fourth-order valence-corrected chi connectivity index (χ4v) is 6.34. The van der Waals surface area contributed by atoms with Crippen LogP contribution in [0.5, 0.6) is 0 Å². The van der Waals surface area contributed by atoms with Gasteiger partial charge in [-0.2, -0.15) is 0 Å². The van der Waals surface area contributed by atoms with Crippen molar-refractivity contribution in [2.24, 2.45) is 0 Å². The van der Waals surface area contributed by atoms with E-state index in [0.717, 1.165) is 43.4 Å². The third-order valence-corrected chi connectivity index (χ3v) is 8.62. The predicted octanol–water partition coefficient (Wildman–Crippen LogP) is 5.45. The average Bonchev–Trinajstić information content (AvgIpc) is 3.60. The van der Waals surface area contributed by atoms with Crippen LogP contribution in [0.4, 0.5) is 5.69 Å². The summed E-state index contributed by atoms with van der Waals surface area (Å²) in [5.74, 6) is -0.161. The van der Waals surface area contributed by atoms with E-state index in [4.69, 9.17) is 0 Å². The van der Waals surface area contributed by atoms with Crippen molar-refractivity contribution < 1.29 is 9.59 Å². The fourth-order valence-electron chi connectivity index (χ4n) is 5.66. The molecule has 3 heterocycles. The molecule has 0 spiro atoms. The van der Waals surface area contributed by atoms with E-state index in [9.17, 15) is 9.59 Å². The van der Waals surface area contributed by atoms with Crippen LogP contribution in [0.2, 0.25) is 0 Å². The maximum absolute atomic E-state index is 13.6. The van der Waals surface area contributed by atoms with Crippen LogP contribution in [-0.2, 0) is 0 Å². The van der Waals surface area contributed by atoms with Gasteiger partial charge in [-0.15, -0.1) is 11.3 Å². The number of carbonyl (C=O) groups excluding carboxylic acids is 2. The van der Waals surface area contributed by atoms with E-state index < -0.39 is 0 Å². The van der Waals surface area contributed by atoms with Crippen LogP contribution in [0.1, 0.15) is 55.7 Å².